The summed E-state index contributed by atoms with van der Waals surface area (Å²) in [6, 6.07) is 6.02. The van der Waals surface area contributed by atoms with Crippen molar-refractivity contribution in [3.63, 3.8) is 0 Å². The third-order valence-corrected chi connectivity index (χ3v) is 1.75. The Morgan fingerprint density at radius 3 is 2.59 bits per heavy atom. The highest BCUT2D eigenvalue weighted by atomic mass is 16.6. The first-order valence-corrected chi connectivity index (χ1v) is 4.68. The predicted molar refractivity (Wildman–Crippen MR) is 58.9 cm³/mol. The molecule has 0 aromatic heterocycles. The van der Waals surface area contributed by atoms with Crippen LogP contribution in [0.3, 0.4) is 0 Å². The average molecular weight is 237 g/mol. The molecule has 0 saturated carbocycles. The molecular weight excluding hydrogens is 226 g/mol. The summed E-state index contributed by atoms with van der Waals surface area (Å²) < 4.78 is 4.84. The third kappa shape index (κ3) is 3.60. The number of carbonyl (C=O) groups is 2. The van der Waals surface area contributed by atoms with E-state index in [1.165, 1.54) is 32.2 Å². The van der Waals surface area contributed by atoms with E-state index in [-0.39, 0.29) is 17.0 Å². The van der Waals surface area contributed by atoms with Crippen LogP contribution in [0.15, 0.2) is 29.4 Å². The Balaban J connectivity index is 3.08. The molecule has 17 heavy (non-hydrogen) atoms. The minimum absolute atomic E-state index is 0.250. The van der Waals surface area contributed by atoms with Gasteiger partial charge in [0, 0.05) is 12.5 Å². The third-order valence-electron chi connectivity index (χ3n) is 1.75. The lowest BCUT2D eigenvalue weighted by molar-refractivity contribution is -0.132. The monoisotopic (exact) mass is 237 g/mol. The van der Waals surface area contributed by atoms with Gasteiger partial charge in [-0.3, -0.25) is 4.79 Å². The van der Waals surface area contributed by atoms with Gasteiger partial charge in [-0.2, -0.15) is 0 Å². The molecular formula is C11H11NO5. The van der Waals surface area contributed by atoms with E-state index in [4.69, 9.17) is 9.84 Å². The van der Waals surface area contributed by atoms with Crippen molar-refractivity contribution in [1.29, 1.82) is 0 Å². The number of aliphatic carboxylic acids is 1. The van der Waals surface area contributed by atoms with Crippen LogP contribution in [0.2, 0.25) is 0 Å². The van der Waals surface area contributed by atoms with Gasteiger partial charge in [-0.25, -0.2) is 4.79 Å². The van der Waals surface area contributed by atoms with Gasteiger partial charge in [0.1, 0.15) is 12.9 Å². The number of carboxylic acid groups (broad SMARTS) is 1. The molecule has 0 aliphatic heterocycles. The highest BCUT2D eigenvalue weighted by molar-refractivity contribution is 6.42. The Hall–Kier alpha value is -2.37. The summed E-state index contributed by atoms with van der Waals surface area (Å²) in [6.07, 6.45) is 0. The molecule has 0 unspecified atom stereocenters. The minimum atomic E-state index is -1.23. The van der Waals surface area contributed by atoms with Crippen LogP contribution in [-0.2, 0) is 14.4 Å². The van der Waals surface area contributed by atoms with E-state index in [1.54, 1.807) is 6.07 Å². The van der Waals surface area contributed by atoms with Crippen LogP contribution in [0, 0.1) is 0 Å². The molecule has 1 aromatic carbocycles. The predicted octanol–water partition coefficient (Wildman–Crippen LogP) is 1.05. The standard InChI is InChI=1S/C11H11NO5/c1-7(13)17-9-5-3-4-8(6-9)10(11(14)15)12-16-2/h3-6H,1-2H3,(H,14,15)/b12-10+. The zero-order valence-corrected chi connectivity index (χ0v) is 9.34. The summed E-state index contributed by atoms with van der Waals surface area (Å²) in [5, 5.41) is 12.3. The van der Waals surface area contributed by atoms with Crippen molar-refractivity contribution < 1.29 is 24.3 Å². The fourth-order valence-electron chi connectivity index (χ4n) is 1.18. The Bertz CT molecular complexity index is 467. The van der Waals surface area contributed by atoms with Crippen LogP contribution in [0.4, 0.5) is 0 Å². The van der Waals surface area contributed by atoms with Crippen LogP contribution in [0.25, 0.3) is 0 Å². The summed E-state index contributed by atoms with van der Waals surface area (Å²) in [4.78, 5) is 26.1. The molecule has 0 aliphatic carbocycles. The SMILES string of the molecule is CO/N=C(/C(=O)O)c1cccc(OC(C)=O)c1. The molecule has 0 heterocycles. The fourth-order valence-corrected chi connectivity index (χ4v) is 1.18. The first kappa shape index (κ1) is 12.7. The fraction of sp³-hybridized carbons (Fsp3) is 0.182. The van der Waals surface area contributed by atoms with Gasteiger partial charge in [-0.15, -0.1) is 0 Å². The van der Waals surface area contributed by atoms with Crippen molar-refractivity contribution in [2.45, 2.75) is 6.92 Å². The van der Waals surface area contributed by atoms with Crippen LogP contribution in [0.5, 0.6) is 5.75 Å². The van der Waals surface area contributed by atoms with Crippen molar-refractivity contribution in [3.8, 4) is 5.75 Å². The normalized spacial score (nSPS) is 10.8. The number of benzene rings is 1. The number of ether oxygens (including phenoxy) is 1. The van der Waals surface area contributed by atoms with E-state index in [0.717, 1.165) is 0 Å². The van der Waals surface area contributed by atoms with E-state index < -0.39 is 11.9 Å². The summed E-state index contributed by atoms with van der Waals surface area (Å²) in [5.74, 6) is -1.46. The lowest BCUT2D eigenvalue weighted by atomic mass is 10.1. The molecule has 0 radical (unpaired) electrons. The number of rotatable bonds is 4. The van der Waals surface area contributed by atoms with E-state index in [1.807, 2.05) is 0 Å². The Kier molecular flexibility index (Phi) is 4.21. The number of carbonyl (C=O) groups excluding carboxylic acids is 1. The molecule has 0 bridgehead atoms. The molecule has 0 fully saturated rings. The van der Waals surface area contributed by atoms with Gasteiger partial charge in [-0.1, -0.05) is 17.3 Å². The molecule has 1 N–H and O–H groups in total. The van der Waals surface area contributed by atoms with Crippen LogP contribution in [0.1, 0.15) is 12.5 Å². The van der Waals surface area contributed by atoms with Gasteiger partial charge >= 0.3 is 11.9 Å². The number of oxime groups is 1. The molecule has 90 valence electrons. The number of hydrogen-bond acceptors (Lipinski definition) is 5. The maximum absolute atomic E-state index is 10.9. The average Bonchev–Trinajstić information content (AvgIpc) is 2.24. The van der Waals surface area contributed by atoms with E-state index >= 15 is 0 Å². The van der Waals surface area contributed by atoms with Crippen molar-refractivity contribution in [3.05, 3.63) is 29.8 Å². The summed E-state index contributed by atoms with van der Waals surface area (Å²) >= 11 is 0. The maximum Gasteiger partial charge on any atom is 0.358 e. The maximum atomic E-state index is 10.9. The zero-order chi connectivity index (χ0) is 12.8. The first-order valence-electron chi connectivity index (χ1n) is 4.68. The quantitative estimate of drug-likeness (QED) is 0.366. The zero-order valence-electron chi connectivity index (χ0n) is 9.34. The number of hydrogen-bond donors (Lipinski definition) is 1. The Morgan fingerprint density at radius 2 is 2.06 bits per heavy atom. The lowest BCUT2D eigenvalue weighted by Crippen LogP contribution is -2.15. The molecule has 1 aromatic rings. The molecule has 0 spiro atoms. The molecule has 6 heteroatoms. The van der Waals surface area contributed by atoms with Gasteiger partial charge < -0.3 is 14.7 Å². The van der Waals surface area contributed by atoms with Gasteiger partial charge in [0.05, 0.1) is 0 Å². The molecule has 0 amide bonds. The second-order valence-corrected chi connectivity index (χ2v) is 3.05. The number of esters is 1. The van der Waals surface area contributed by atoms with Crippen molar-refractivity contribution in [2.24, 2.45) is 5.16 Å². The first-order chi connectivity index (χ1) is 8.04. The summed E-state index contributed by atoms with van der Waals surface area (Å²) in [6.45, 7) is 1.26. The van der Waals surface area contributed by atoms with E-state index in [2.05, 4.69) is 9.99 Å². The largest absolute Gasteiger partial charge is 0.476 e. The highest BCUT2D eigenvalue weighted by Gasteiger charge is 2.14. The van der Waals surface area contributed by atoms with Crippen molar-refractivity contribution >= 4 is 17.7 Å². The minimum Gasteiger partial charge on any atom is -0.476 e. The van der Waals surface area contributed by atoms with E-state index in [9.17, 15) is 9.59 Å². The van der Waals surface area contributed by atoms with Crippen LogP contribution in [-0.4, -0.2) is 29.9 Å². The summed E-state index contributed by atoms with van der Waals surface area (Å²) in [5.41, 5.74) is 0.0274. The molecule has 6 nitrogen and oxygen atoms in total. The highest BCUT2D eigenvalue weighted by Crippen LogP contribution is 2.14. The summed E-state index contributed by atoms with van der Waals surface area (Å²) in [7, 11) is 1.25. The number of nitrogens with zero attached hydrogens (tertiary/aromatic N) is 1. The number of carboxylic acids is 1. The van der Waals surface area contributed by atoms with Crippen LogP contribution >= 0.6 is 0 Å². The molecule has 0 atom stereocenters. The van der Waals surface area contributed by atoms with Crippen molar-refractivity contribution in [2.75, 3.05) is 7.11 Å². The molecule has 1 rings (SSSR count). The topological polar surface area (TPSA) is 85.2 Å². The van der Waals surface area contributed by atoms with Crippen molar-refractivity contribution in [1.82, 2.24) is 0 Å². The van der Waals surface area contributed by atoms with Gasteiger partial charge in [0.2, 0.25) is 0 Å². The Labute approximate surface area is 97.4 Å². The van der Waals surface area contributed by atoms with Gasteiger partial charge in [0.25, 0.3) is 0 Å². The second kappa shape index (κ2) is 5.64. The Morgan fingerprint density at radius 1 is 1.35 bits per heavy atom. The van der Waals surface area contributed by atoms with Gasteiger partial charge in [0.15, 0.2) is 5.71 Å². The molecule has 0 saturated heterocycles. The molecule has 0 aliphatic rings. The smallest absolute Gasteiger partial charge is 0.358 e. The second-order valence-electron chi connectivity index (χ2n) is 3.05. The lowest BCUT2D eigenvalue weighted by Gasteiger charge is -2.04. The van der Waals surface area contributed by atoms with Crippen LogP contribution < -0.4 is 4.74 Å². The van der Waals surface area contributed by atoms with E-state index in [0.29, 0.717) is 0 Å². The van der Waals surface area contributed by atoms with Gasteiger partial charge in [-0.05, 0) is 12.1 Å².